The maximum atomic E-state index is 12.0. The van der Waals surface area contributed by atoms with Crippen molar-refractivity contribution in [3.05, 3.63) is 11.6 Å². The van der Waals surface area contributed by atoms with Gasteiger partial charge in [0.1, 0.15) is 0 Å². The van der Waals surface area contributed by atoms with E-state index < -0.39 is 0 Å². The maximum absolute atomic E-state index is 12.0. The summed E-state index contributed by atoms with van der Waals surface area (Å²) in [5.41, 5.74) is 0. The highest BCUT2D eigenvalue weighted by Crippen LogP contribution is 2.10. The molecular weight excluding hydrogens is 262 g/mol. The van der Waals surface area contributed by atoms with E-state index in [4.69, 9.17) is 0 Å². The van der Waals surface area contributed by atoms with Gasteiger partial charge in [0, 0.05) is 24.5 Å². The quantitative estimate of drug-likeness (QED) is 0.835. The topological polar surface area (TPSA) is 62.3 Å². The summed E-state index contributed by atoms with van der Waals surface area (Å²) in [6.07, 6.45) is 2.95. The smallest absolute Gasteiger partial charge is 0.245 e. The average molecular weight is 283 g/mol. The number of rotatable bonds is 7. The number of hydrogen-bond donors (Lipinski definition) is 1. The molecule has 0 aliphatic rings. The number of amides is 2. The molecule has 6 heteroatoms. The molecule has 0 atom stereocenters. The van der Waals surface area contributed by atoms with E-state index in [0.29, 0.717) is 24.0 Å². The summed E-state index contributed by atoms with van der Waals surface area (Å²) in [5, 5.41) is 5.06. The SMILES string of the molecule is CCCN(CC(=O)Nc1nccs1)C(=O)CC(C)C. The molecule has 0 spiro atoms. The van der Waals surface area contributed by atoms with Crippen molar-refractivity contribution in [2.24, 2.45) is 5.92 Å². The third-order valence-corrected chi connectivity index (χ3v) is 3.13. The molecule has 5 nitrogen and oxygen atoms in total. The Morgan fingerprint density at radius 3 is 2.74 bits per heavy atom. The molecule has 2 amide bonds. The molecule has 106 valence electrons. The van der Waals surface area contributed by atoms with Crippen molar-refractivity contribution < 1.29 is 9.59 Å². The van der Waals surface area contributed by atoms with Crippen LogP contribution in [0.4, 0.5) is 5.13 Å². The fourth-order valence-electron chi connectivity index (χ4n) is 1.66. The van der Waals surface area contributed by atoms with Crippen LogP contribution >= 0.6 is 11.3 Å². The molecule has 19 heavy (non-hydrogen) atoms. The molecule has 1 heterocycles. The van der Waals surface area contributed by atoms with Gasteiger partial charge in [-0.05, 0) is 12.3 Å². The third-order valence-electron chi connectivity index (χ3n) is 2.44. The Bertz CT molecular complexity index is 404. The normalized spacial score (nSPS) is 10.5. The second kappa shape index (κ2) is 7.89. The van der Waals surface area contributed by atoms with Gasteiger partial charge in [-0.25, -0.2) is 4.98 Å². The number of anilines is 1. The predicted octanol–water partition coefficient (Wildman–Crippen LogP) is 2.37. The van der Waals surface area contributed by atoms with Gasteiger partial charge in [0.15, 0.2) is 5.13 Å². The van der Waals surface area contributed by atoms with E-state index >= 15 is 0 Å². The molecule has 0 unspecified atom stereocenters. The highest BCUT2D eigenvalue weighted by Gasteiger charge is 2.17. The molecule has 0 aliphatic carbocycles. The lowest BCUT2D eigenvalue weighted by Gasteiger charge is -2.22. The van der Waals surface area contributed by atoms with Gasteiger partial charge in [0.2, 0.25) is 11.8 Å². The minimum absolute atomic E-state index is 0.0335. The number of carbonyl (C=O) groups is 2. The van der Waals surface area contributed by atoms with E-state index in [9.17, 15) is 9.59 Å². The first-order chi connectivity index (χ1) is 9.02. The lowest BCUT2D eigenvalue weighted by atomic mass is 10.1. The second-order valence-electron chi connectivity index (χ2n) is 4.80. The van der Waals surface area contributed by atoms with Gasteiger partial charge in [-0.3, -0.25) is 9.59 Å². The Hall–Kier alpha value is -1.43. The largest absolute Gasteiger partial charge is 0.333 e. The van der Waals surface area contributed by atoms with Gasteiger partial charge in [0.05, 0.1) is 6.54 Å². The highest BCUT2D eigenvalue weighted by molar-refractivity contribution is 7.13. The molecule has 0 saturated heterocycles. The zero-order valence-corrected chi connectivity index (χ0v) is 12.5. The highest BCUT2D eigenvalue weighted by atomic mass is 32.1. The molecule has 1 aromatic rings. The monoisotopic (exact) mass is 283 g/mol. The molecular formula is C13H21N3O2S. The molecule has 1 N–H and O–H groups in total. The third kappa shape index (κ3) is 5.83. The number of thiazole rings is 1. The van der Waals surface area contributed by atoms with Gasteiger partial charge < -0.3 is 10.2 Å². The zero-order valence-electron chi connectivity index (χ0n) is 11.7. The Morgan fingerprint density at radius 1 is 1.47 bits per heavy atom. The van der Waals surface area contributed by atoms with E-state index in [0.717, 1.165) is 6.42 Å². The Kier molecular flexibility index (Phi) is 6.49. The summed E-state index contributed by atoms with van der Waals surface area (Å²) >= 11 is 1.36. The Morgan fingerprint density at radius 2 is 2.21 bits per heavy atom. The number of hydrogen-bond acceptors (Lipinski definition) is 4. The summed E-state index contributed by atoms with van der Waals surface area (Å²) in [6.45, 7) is 6.69. The summed E-state index contributed by atoms with van der Waals surface area (Å²) < 4.78 is 0. The summed E-state index contributed by atoms with van der Waals surface area (Å²) in [5.74, 6) is 0.139. The predicted molar refractivity (Wildman–Crippen MR) is 77.1 cm³/mol. The first-order valence-corrected chi connectivity index (χ1v) is 7.38. The molecule has 0 saturated carbocycles. The van der Waals surface area contributed by atoms with Crippen molar-refractivity contribution in [3.8, 4) is 0 Å². The Balaban J connectivity index is 2.52. The summed E-state index contributed by atoms with van der Waals surface area (Å²) in [6, 6.07) is 0. The Labute approximate surface area is 118 Å². The number of nitrogens with zero attached hydrogens (tertiary/aromatic N) is 2. The van der Waals surface area contributed by atoms with E-state index in [1.54, 1.807) is 16.5 Å². The molecule has 0 radical (unpaired) electrons. The van der Waals surface area contributed by atoms with Crippen molar-refractivity contribution in [3.63, 3.8) is 0 Å². The standard InChI is InChI=1S/C13H21N3O2S/c1-4-6-16(12(18)8-10(2)3)9-11(17)15-13-14-5-7-19-13/h5,7,10H,4,6,8-9H2,1-3H3,(H,14,15,17). The molecule has 1 aromatic heterocycles. The molecule has 0 aromatic carbocycles. The molecule has 0 bridgehead atoms. The van der Waals surface area contributed by atoms with Gasteiger partial charge in [-0.15, -0.1) is 11.3 Å². The van der Waals surface area contributed by atoms with E-state index in [1.807, 2.05) is 20.8 Å². The maximum Gasteiger partial charge on any atom is 0.245 e. The van der Waals surface area contributed by atoms with Crippen molar-refractivity contribution in [1.82, 2.24) is 9.88 Å². The van der Waals surface area contributed by atoms with Crippen LogP contribution in [0.15, 0.2) is 11.6 Å². The first kappa shape index (κ1) is 15.6. The second-order valence-corrected chi connectivity index (χ2v) is 5.69. The van der Waals surface area contributed by atoms with Gasteiger partial charge in [-0.2, -0.15) is 0 Å². The minimum Gasteiger partial charge on any atom is -0.333 e. The molecule has 0 aliphatic heterocycles. The van der Waals surface area contributed by atoms with Crippen molar-refractivity contribution in [1.29, 1.82) is 0 Å². The van der Waals surface area contributed by atoms with Crippen molar-refractivity contribution in [2.45, 2.75) is 33.6 Å². The van der Waals surface area contributed by atoms with Crippen LogP contribution in [0.1, 0.15) is 33.6 Å². The number of carbonyl (C=O) groups excluding carboxylic acids is 2. The lowest BCUT2D eigenvalue weighted by molar-refractivity contribution is -0.135. The van der Waals surface area contributed by atoms with Crippen LogP contribution in [-0.4, -0.2) is 34.8 Å². The average Bonchev–Trinajstić information content (AvgIpc) is 2.80. The fourth-order valence-corrected chi connectivity index (χ4v) is 2.20. The van der Waals surface area contributed by atoms with Crippen LogP contribution < -0.4 is 5.32 Å². The van der Waals surface area contributed by atoms with Gasteiger partial charge in [-0.1, -0.05) is 20.8 Å². The number of nitrogens with one attached hydrogen (secondary N) is 1. The van der Waals surface area contributed by atoms with E-state index in [-0.39, 0.29) is 18.4 Å². The van der Waals surface area contributed by atoms with E-state index in [1.165, 1.54) is 11.3 Å². The van der Waals surface area contributed by atoms with Gasteiger partial charge in [0.25, 0.3) is 0 Å². The summed E-state index contributed by atoms with van der Waals surface area (Å²) in [4.78, 5) is 29.5. The first-order valence-electron chi connectivity index (χ1n) is 6.50. The van der Waals surface area contributed by atoms with Gasteiger partial charge >= 0.3 is 0 Å². The molecule has 1 rings (SSSR count). The van der Waals surface area contributed by atoms with Crippen molar-refractivity contribution in [2.75, 3.05) is 18.4 Å². The van der Waals surface area contributed by atoms with Crippen LogP contribution in [0.3, 0.4) is 0 Å². The van der Waals surface area contributed by atoms with Crippen LogP contribution in [0.5, 0.6) is 0 Å². The minimum atomic E-state index is -0.194. The summed E-state index contributed by atoms with van der Waals surface area (Å²) in [7, 11) is 0. The van der Waals surface area contributed by atoms with Crippen LogP contribution in [-0.2, 0) is 9.59 Å². The zero-order chi connectivity index (χ0) is 14.3. The van der Waals surface area contributed by atoms with E-state index in [2.05, 4.69) is 10.3 Å². The van der Waals surface area contributed by atoms with Crippen molar-refractivity contribution >= 4 is 28.3 Å². The molecule has 0 fully saturated rings. The number of aromatic nitrogens is 1. The van der Waals surface area contributed by atoms with Crippen LogP contribution in [0.2, 0.25) is 0 Å². The van der Waals surface area contributed by atoms with Crippen LogP contribution in [0.25, 0.3) is 0 Å². The lowest BCUT2D eigenvalue weighted by Crippen LogP contribution is -2.39. The van der Waals surface area contributed by atoms with Crippen LogP contribution in [0, 0.1) is 5.92 Å². The fraction of sp³-hybridized carbons (Fsp3) is 0.615.